The first-order chi connectivity index (χ1) is 9.16. The molecule has 2 atom stereocenters. The van der Waals surface area contributed by atoms with E-state index < -0.39 is 17.8 Å². The summed E-state index contributed by atoms with van der Waals surface area (Å²) in [5.41, 5.74) is 0. The standard InChI is InChI=1S/C13H16N2O3S/c16-11(15-13-14-5-6-19-13)9-7-1-3-8(4-2-7)10(9)12(17)18/h5-10H,1-4H2,(H,17,18)(H,14,15,16)/p-1/t7?,8?,9-,10+/m1/s1. The van der Waals surface area contributed by atoms with Crippen LogP contribution in [0.15, 0.2) is 11.6 Å². The van der Waals surface area contributed by atoms with Crippen molar-refractivity contribution >= 4 is 28.3 Å². The van der Waals surface area contributed by atoms with Gasteiger partial charge in [-0.3, -0.25) is 4.79 Å². The Hall–Kier alpha value is -1.43. The molecule has 3 aliphatic carbocycles. The van der Waals surface area contributed by atoms with Crippen LogP contribution in [-0.2, 0) is 9.59 Å². The van der Waals surface area contributed by atoms with E-state index in [1.165, 1.54) is 11.3 Å². The number of carbonyl (C=O) groups is 2. The van der Waals surface area contributed by atoms with Crippen LogP contribution in [0.1, 0.15) is 25.7 Å². The van der Waals surface area contributed by atoms with Crippen LogP contribution in [0.5, 0.6) is 0 Å². The summed E-state index contributed by atoms with van der Waals surface area (Å²) in [6.45, 7) is 0. The first-order valence-electron chi connectivity index (χ1n) is 6.58. The average molecular weight is 279 g/mol. The first kappa shape index (κ1) is 12.6. The van der Waals surface area contributed by atoms with Crippen LogP contribution in [0.4, 0.5) is 5.13 Å². The van der Waals surface area contributed by atoms with Gasteiger partial charge in [-0.15, -0.1) is 11.3 Å². The third-order valence-electron chi connectivity index (χ3n) is 4.46. The van der Waals surface area contributed by atoms with Crippen LogP contribution < -0.4 is 10.4 Å². The van der Waals surface area contributed by atoms with E-state index >= 15 is 0 Å². The Morgan fingerprint density at radius 1 is 1.21 bits per heavy atom. The van der Waals surface area contributed by atoms with E-state index in [4.69, 9.17) is 0 Å². The fourth-order valence-electron chi connectivity index (χ4n) is 3.64. The van der Waals surface area contributed by atoms with E-state index in [2.05, 4.69) is 10.3 Å². The summed E-state index contributed by atoms with van der Waals surface area (Å²) < 4.78 is 0. The summed E-state index contributed by atoms with van der Waals surface area (Å²) in [5, 5.41) is 16.4. The number of amides is 1. The molecule has 0 spiro atoms. The zero-order chi connectivity index (χ0) is 13.4. The summed E-state index contributed by atoms with van der Waals surface area (Å²) in [6.07, 6.45) is 5.33. The molecule has 1 N–H and O–H groups in total. The van der Waals surface area contributed by atoms with Crippen LogP contribution in [-0.4, -0.2) is 16.9 Å². The molecule has 0 saturated heterocycles. The Morgan fingerprint density at radius 2 is 1.84 bits per heavy atom. The van der Waals surface area contributed by atoms with Crippen molar-refractivity contribution in [2.24, 2.45) is 23.7 Å². The number of aromatic nitrogens is 1. The molecule has 1 amide bonds. The second-order valence-electron chi connectivity index (χ2n) is 5.37. The number of thiazole rings is 1. The second kappa shape index (κ2) is 4.92. The highest BCUT2D eigenvalue weighted by atomic mass is 32.1. The van der Waals surface area contributed by atoms with Gasteiger partial charge in [0.15, 0.2) is 5.13 Å². The number of aliphatic carboxylic acids is 1. The average Bonchev–Trinajstić information content (AvgIpc) is 2.91. The lowest BCUT2D eigenvalue weighted by molar-refractivity contribution is -0.318. The van der Waals surface area contributed by atoms with Gasteiger partial charge in [-0.05, 0) is 37.5 Å². The van der Waals surface area contributed by atoms with Gasteiger partial charge in [0.1, 0.15) is 0 Å². The van der Waals surface area contributed by atoms with Crippen LogP contribution >= 0.6 is 11.3 Å². The molecule has 2 bridgehead atoms. The number of nitrogens with one attached hydrogen (secondary N) is 1. The Kier molecular flexibility index (Phi) is 3.26. The van der Waals surface area contributed by atoms with Gasteiger partial charge in [-0.2, -0.15) is 0 Å². The van der Waals surface area contributed by atoms with Gasteiger partial charge in [0.25, 0.3) is 0 Å². The maximum Gasteiger partial charge on any atom is 0.230 e. The molecule has 5 nitrogen and oxygen atoms in total. The van der Waals surface area contributed by atoms with Gasteiger partial charge in [0.2, 0.25) is 5.91 Å². The molecule has 1 heterocycles. The van der Waals surface area contributed by atoms with E-state index in [1.807, 2.05) is 0 Å². The molecule has 3 aliphatic rings. The van der Waals surface area contributed by atoms with Crippen LogP contribution in [0.3, 0.4) is 0 Å². The van der Waals surface area contributed by atoms with E-state index in [0.29, 0.717) is 5.13 Å². The molecule has 0 aromatic carbocycles. The van der Waals surface area contributed by atoms with E-state index in [1.54, 1.807) is 11.6 Å². The predicted molar refractivity (Wildman–Crippen MR) is 68.2 cm³/mol. The maximum absolute atomic E-state index is 12.3. The Labute approximate surface area is 115 Å². The Bertz CT molecular complexity index is 480. The van der Waals surface area contributed by atoms with Crippen molar-refractivity contribution in [2.75, 3.05) is 5.32 Å². The number of hydrogen-bond acceptors (Lipinski definition) is 5. The third-order valence-corrected chi connectivity index (χ3v) is 5.15. The zero-order valence-corrected chi connectivity index (χ0v) is 11.2. The first-order valence-corrected chi connectivity index (χ1v) is 7.46. The molecule has 0 aliphatic heterocycles. The number of hydrogen-bond donors (Lipinski definition) is 1. The molecule has 1 aromatic rings. The predicted octanol–water partition coefficient (Wildman–Crippen LogP) is 0.884. The molecule has 1 aromatic heterocycles. The number of fused-ring (bicyclic) bond motifs is 3. The Morgan fingerprint density at radius 3 is 2.37 bits per heavy atom. The highest BCUT2D eigenvalue weighted by Gasteiger charge is 2.47. The number of carboxylic acids is 1. The van der Waals surface area contributed by atoms with Gasteiger partial charge >= 0.3 is 0 Å². The number of nitrogens with zero attached hydrogens (tertiary/aromatic N) is 1. The van der Waals surface area contributed by atoms with Crippen LogP contribution in [0.2, 0.25) is 0 Å². The van der Waals surface area contributed by atoms with E-state index in [0.717, 1.165) is 25.7 Å². The third kappa shape index (κ3) is 2.25. The lowest BCUT2D eigenvalue weighted by Gasteiger charge is -2.48. The molecule has 0 radical (unpaired) electrons. The van der Waals surface area contributed by atoms with Crippen molar-refractivity contribution in [1.82, 2.24) is 4.98 Å². The van der Waals surface area contributed by atoms with E-state index in [9.17, 15) is 14.7 Å². The molecule has 102 valence electrons. The van der Waals surface area contributed by atoms with Gasteiger partial charge in [-0.1, -0.05) is 0 Å². The smallest absolute Gasteiger partial charge is 0.230 e. The SMILES string of the molecule is O=C(Nc1nccs1)[C@@H]1C2CCC(CC2)[C@@H]1C(=O)[O-]. The monoisotopic (exact) mass is 279 g/mol. The number of rotatable bonds is 3. The minimum atomic E-state index is -1.08. The highest BCUT2D eigenvalue weighted by molar-refractivity contribution is 7.13. The second-order valence-corrected chi connectivity index (χ2v) is 6.27. The Balaban J connectivity index is 1.80. The summed E-state index contributed by atoms with van der Waals surface area (Å²) >= 11 is 1.34. The lowest BCUT2D eigenvalue weighted by Crippen LogP contribution is -2.52. The van der Waals surface area contributed by atoms with Crippen molar-refractivity contribution in [3.63, 3.8) is 0 Å². The number of carboxylic acid groups (broad SMARTS) is 1. The molecule has 3 saturated carbocycles. The van der Waals surface area contributed by atoms with Gasteiger partial charge in [-0.25, -0.2) is 4.98 Å². The summed E-state index contributed by atoms with van der Waals surface area (Å²) in [4.78, 5) is 27.7. The van der Waals surface area contributed by atoms with Crippen molar-refractivity contribution in [3.05, 3.63) is 11.6 Å². The van der Waals surface area contributed by atoms with Crippen molar-refractivity contribution < 1.29 is 14.7 Å². The number of carbonyl (C=O) groups excluding carboxylic acids is 2. The molecule has 3 fully saturated rings. The van der Waals surface area contributed by atoms with Gasteiger partial charge in [0, 0.05) is 29.4 Å². The molecular weight excluding hydrogens is 264 g/mol. The summed E-state index contributed by atoms with van der Waals surface area (Å²) in [7, 11) is 0. The lowest BCUT2D eigenvalue weighted by atomic mass is 9.58. The van der Waals surface area contributed by atoms with Crippen molar-refractivity contribution in [1.29, 1.82) is 0 Å². The molecule has 4 rings (SSSR count). The largest absolute Gasteiger partial charge is 0.550 e. The fraction of sp³-hybridized carbons (Fsp3) is 0.615. The normalized spacial score (nSPS) is 33.1. The molecule has 0 unspecified atom stereocenters. The highest BCUT2D eigenvalue weighted by Crippen LogP contribution is 2.49. The minimum Gasteiger partial charge on any atom is -0.550 e. The quantitative estimate of drug-likeness (QED) is 0.890. The molecule has 19 heavy (non-hydrogen) atoms. The van der Waals surface area contributed by atoms with Crippen LogP contribution in [0.25, 0.3) is 0 Å². The van der Waals surface area contributed by atoms with Crippen LogP contribution in [0, 0.1) is 23.7 Å². The molecule has 6 heteroatoms. The number of anilines is 1. The van der Waals surface area contributed by atoms with Gasteiger partial charge in [0.05, 0.1) is 0 Å². The topological polar surface area (TPSA) is 82.1 Å². The summed E-state index contributed by atoms with van der Waals surface area (Å²) in [6, 6.07) is 0. The fourth-order valence-corrected chi connectivity index (χ4v) is 4.17. The van der Waals surface area contributed by atoms with E-state index in [-0.39, 0.29) is 17.7 Å². The van der Waals surface area contributed by atoms with Crippen molar-refractivity contribution in [2.45, 2.75) is 25.7 Å². The minimum absolute atomic E-state index is 0.0991. The van der Waals surface area contributed by atoms with Gasteiger partial charge < -0.3 is 15.2 Å². The molecular formula is C13H15N2O3S-. The van der Waals surface area contributed by atoms with Crippen molar-refractivity contribution in [3.8, 4) is 0 Å². The zero-order valence-electron chi connectivity index (χ0n) is 10.4. The summed E-state index contributed by atoms with van der Waals surface area (Å²) in [5.74, 6) is -2.10. The maximum atomic E-state index is 12.3.